The van der Waals surface area contributed by atoms with Crippen molar-refractivity contribution >= 4 is 34.0 Å². The van der Waals surface area contributed by atoms with Gasteiger partial charge in [0.15, 0.2) is 0 Å². The van der Waals surface area contributed by atoms with Crippen molar-refractivity contribution in [2.45, 2.75) is 26.3 Å². The third kappa shape index (κ3) is 4.00. The average molecular weight is 393 g/mol. The number of aromatic nitrogens is 5. The van der Waals surface area contributed by atoms with Crippen molar-refractivity contribution in [2.24, 2.45) is 0 Å². The molecule has 2 aromatic heterocycles. The van der Waals surface area contributed by atoms with Crippen LogP contribution < -0.4 is 10.1 Å². The second-order valence-corrected chi connectivity index (χ2v) is 6.87. The fraction of sp³-hybridized carbons (Fsp3) is 0.312. The summed E-state index contributed by atoms with van der Waals surface area (Å²) in [7, 11) is 1.46. The number of carbonyl (C=O) groups is 1. The van der Waals surface area contributed by atoms with Gasteiger partial charge < -0.3 is 4.74 Å². The summed E-state index contributed by atoms with van der Waals surface area (Å²) in [4.78, 5) is 12.5. The van der Waals surface area contributed by atoms with Crippen LogP contribution in [0.4, 0.5) is 5.13 Å². The maximum absolute atomic E-state index is 12.5. The second kappa shape index (κ2) is 8.24. The van der Waals surface area contributed by atoms with Gasteiger partial charge in [-0.25, -0.2) is 4.68 Å². The van der Waals surface area contributed by atoms with Crippen LogP contribution in [0.2, 0.25) is 5.02 Å². The standard InChI is InChI=1S/C16H17ClN6O2S/c1-3-6-12-19-21-16(26-12)18-14(24)13-15(25-2)23(22-20-13)9-10-7-4-5-8-11(10)17/h4-5,7-8H,3,6,9H2,1-2H3,(H,18,21,24). The molecule has 26 heavy (non-hydrogen) atoms. The van der Waals surface area contributed by atoms with E-state index >= 15 is 0 Å². The highest BCUT2D eigenvalue weighted by Crippen LogP contribution is 2.23. The van der Waals surface area contributed by atoms with Crippen LogP contribution in [0.1, 0.15) is 34.4 Å². The Hall–Kier alpha value is -2.52. The minimum atomic E-state index is -0.452. The molecule has 0 spiro atoms. The molecule has 0 saturated heterocycles. The number of methoxy groups -OCH3 is 1. The normalized spacial score (nSPS) is 10.7. The monoisotopic (exact) mass is 392 g/mol. The molecule has 1 amide bonds. The van der Waals surface area contributed by atoms with Crippen molar-refractivity contribution in [3.63, 3.8) is 0 Å². The summed E-state index contributed by atoms with van der Waals surface area (Å²) in [5.41, 5.74) is 0.921. The molecular formula is C16H17ClN6O2S. The predicted octanol–water partition coefficient (Wildman–Crippen LogP) is 3.04. The van der Waals surface area contributed by atoms with Crippen LogP contribution in [0.3, 0.4) is 0 Å². The van der Waals surface area contributed by atoms with E-state index in [0.717, 1.165) is 23.4 Å². The Labute approximate surface area is 159 Å². The van der Waals surface area contributed by atoms with Crippen molar-refractivity contribution in [1.82, 2.24) is 25.2 Å². The molecule has 0 aliphatic heterocycles. The van der Waals surface area contributed by atoms with E-state index in [1.165, 1.54) is 23.1 Å². The lowest BCUT2D eigenvalue weighted by Gasteiger charge is -2.07. The zero-order valence-electron chi connectivity index (χ0n) is 14.3. The Morgan fingerprint density at radius 3 is 2.85 bits per heavy atom. The third-order valence-electron chi connectivity index (χ3n) is 3.53. The summed E-state index contributed by atoms with van der Waals surface area (Å²) in [5, 5.41) is 20.5. The van der Waals surface area contributed by atoms with Gasteiger partial charge in [-0.15, -0.1) is 15.3 Å². The van der Waals surface area contributed by atoms with Crippen LogP contribution in [0.5, 0.6) is 5.88 Å². The Morgan fingerprint density at radius 1 is 1.31 bits per heavy atom. The number of amides is 1. The summed E-state index contributed by atoms with van der Waals surface area (Å²) in [5.74, 6) is -0.202. The van der Waals surface area contributed by atoms with Crippen molar-refractivity contribution < 1.29 is 9.53 Å². The molecule has 10 heteroatoms. The molecule has 0 radical (unpaired) electrons. The number of aryl methyl sites for hydroxylation is 1. The van der Waals surface area contributed by atoms with Crippen LogP contribution in [-0.4, -0.2) is 38.2 Å². The lowest BCUT2D eigenvalue weighted by atomic mass is 10.2. The Kier molecular flexibility index (Phi) is 5.79. The van der Waals surface area contributed by atoms with Gasteiger partial charge >= 0.3 is 0 Å². The summed E-state index contributed by atoms with van der Waals surface area (Å²) in [6.45, 7) is 2.39. The van der Waals surface area contributed by atoms with Gasteiger partial charge in [0.25, 0.3) is 5.91 Å². The second-order valence-electron chi connectivity index (χ2n) is 5.40. The maximum Gasteiger partial charge on any atom is 0.283 e. The van der Waals surface area contributed by atoms with Crippen molar-refractivity contribution in [3.05, 3.63) is 45.6 Å². The predicted molar refractivity (Wildman–Crippen MR) is 99.0 cm³/mol. The van der Waals surface area contributed by atoms with Crippen LogP contribution in [0.15, 0.2) is 24.3 Å². The quantitative estimate of drug-likeness (QED) is 0.664. The summed E-state index contributed by atoms with van der Waals surface area (Å²) in [6.07, 6.45) is 1.79. The molecule has 0 fully saturated rings. The number of rotatable bonds is 7. The maximum atomic E-state index is 12.5. The topological polar surface area (TPSA) is 94.8 Å². The Balaban J connectivity index is 1.78. The summed E-state index contributed by atoms with van der Waals surface area (Å²) >= 11 is 7.52. The molecule has 0 unspecified atom stereocenters. The van der Waals surface area contributed by atoms with Crippen LogP contribution >= 0.6 is 22.9 Å². The van der Waals surface area contributed by atoms with Gasteiger partial charge in [-0.2, -0.15) is 0 Å². The van der Waals surface area contributed by atoms with Gasteiger partial charge in [0, 0.05) is 11.4 Å². The van der Waals surface area contributed by atoms with Crippen LogP contribution in [0, 0.1) is 0 Å². The first-order chi connectivity index (χ1) is 12.6. The number of hydrogen-bond acceptors (Lipinski definition) is 7. The molecule has 1 aromatic carbocycles. The van der Waals surface area contributed by atoms with Gasteiger partial charge in [0.05, 0.1) is 13.7 Å². The largest absolute Gasteiger partial charge is 0.479 e. The van der Waals surface area contributed by atoms with E-state index in [2.05, 4.69) is 32.7 Å². The molecule has 3 rings (SSSR count). The fourth-order valence-electron chi connectivity index (χ4n) is 2.32. The molecule has 2 heterocycles. The molecule has 136 valence electrons. The molecule has 0 aliphatic rings. The van der Waals surface area contributed by atoms with E-state index in [9.17, 15) is 4.79 Å². The summed E-state index contributed by atoms with van der Waals surface area (Å²) in [6, 6.07) is 7.39. The molecule has 1 N–H and O–H groups in total. The minimum Gasteiger partial charge on any atom is -0.479 e. The Morgan fingerprint density at radius 2 is 2.12 bits per heavy atom. The fourth-order valence-corrected chi connectivity index (χ4v) is 3.35. The molecular weight excluding hydrogens is 376 g/mol. The first-order valence-electron chi connectivity index (χ1n) is 7.97. The number of anilines is 1. The highest BCUT2D eigenvalue weighted by molar-refractivity contribution is 7.15. The number of ether oxygens (including phenoxy) is 1. The van der Waals surface area contributed by atoms with Crippen LogP contribution in [-0.2, 0) is 13.0 Å². The van der Waals surface area contributed by atoms with Gasteiger partial charge in [0.2, 0.25) is 16.7 Å². The number of hydrogen-bond donors (Lipinski definition) is 1. The van der Waals surface area contributed by atoms with Gasteiger partial charge in [-0.05, 0) is 18.1 Å². The van der Waals surface area contributed by atoms with E-state index in [-0.39, 0.29) is 11.6 Å². The van der Waals surface area contributed by atoms with Gasteiger partial charge in [0.1, 0.15) is 5.01 Å². The van der Waals surface area contributed by atoms with Gasteiger partial charge in [-0.3, -0.25) is 10.1 Å². The third-order valence-corrected chi connectivity index (χ3v) is 4.79. The minimum absolute atomic E-state index is 0.0757. The van der Waals surface area contributed by atoms with E-state index in [4.69, 9.17) is 16.3 Å². The molecule has 3 aromatic rings. The molecule has 0 bridgehead atoms. The van der Waals surface area contributed by atoms with E-state index in [1.807, 2.05) is 18.2 Å². The zero-order chi connectivity index (χ0) is 18.5. The Bertz CT molecular complexity index is 910. The van der Waals surface area contributed by atoms with Crippen LogP contribution in [0.25, 0.3) is 0 Å². The highest BCUT2D eigenvalue weighted by atomic mass is 35.5. The zero-order valence-corrected chi connectivity index (χ0v) is 15.8. The van der Waals surface area contributed by atoms with E-state index in [0.29, 0.717) is 16.7 Å². The number of carbonyl (C=O) groups excluding carboxylic acids is 1. The first kappa shape index (κ1) is 18.3. The van der Waals surface area contributed by atoms with Crippen molar-refractivity contribution in [2.75, 3.05) is 12.4 Å². The number of nitrogens with zero attached hydrogens (tertiary/aromatic N) is 5. The number of nitrogens with one attached hydrogen (secondary N) is 1. The van der Waals surface area contributed by atoms with Gasteiger partial charge in [-0.1, -0.05) is 53.3 Å². The van der Waals surface area contributed by atoms with Crippen molar-refractivity contribution in [3.8, 4) is 5.88 Å². The number of halogens is 1. The first-order valence-corrected chi connectivity index (χ1v) is 9.16. The molecule has 8 nitrogen and oxygen atoms in total. The average Bonchev–Trinajstić information content (AvgIpc) is 3.24. The molecule has 0 aliphatic carbocycles. The lowest BCUT2D eigenvalue weighted by molar-refractivity contribution is 0.101. The summed E-state index contributed by atoms with van der Waals surface area (Å²) < 4.78 is 6.82. The number of benzene rings is 1. The van der Waals surface area contributed by atoms with Crippen molar-refractivity contribution in [1.29, 1.82) is 0 Å². The lowest BCUT2D eigenvalue weighted by Crippen LogP contribution is -2.14. The smallest absolute Gasteiger partial charge is 0.283 e. The SMILES string of the molecule is CCCc1nnc(NC(=O)c2nnn(Cc3ccccc3Cl)c2OC)s1. The molecule has 0 atom stereocenters. The van der Waals surface area contributed by atoms with E-state index < -0.39 is 5.91 Å². The molecule has 0 saturated carbocycles. The van der Waals surface area contributed by atoms with E-state index in [1.54, 1.807) is 6.07 Å². The highest BCUT2D eigenvalue weighted by Gasteiger charge is 2.22.